The van der Waals surface area contributed by atoms with Crippen LogP contribution in [0.3, 0.4) is 0 Å². The maximum Gasteiger partial charge on any atom is 0.231 e. The Labute approximate surface area is 134 Å². The lowest BCUT2D eigenvalue weighted by molar-refractivity contribution is -0.125. The Morgan fingerprint density at radius 3 is 2.80 bits per heavy atom. The standard InChI is InChI=1S/C14H19BrN2O2.ClH/c1-14(6-3-7-16-9-14)13(18)17-10-4-5-12(19-2)11(15)8-10;/h4-5,8,16H,3,6-7,9H2,1-2H3,(H,17,18);1H. The summed E-state index contributed by atoms with van der Waals surface area (Å²) in [6, 6.07) is 5.54. The molecule has 0 aliphatic carbocycles. The van der Waals surface area contributed by atoms with Crippen LogP contribution in [-0.4, -0.2) is 26.1 Å². The molecular formula is C14H20BrClN2O2. The van der Waals surface area contributed by atoms with E-state index in [9.17, 15) is 4.79 Å². The lowest BCUT2D eigenvalue weighted by Gasteiger charge is -2.32. The van der Waals surface area contributed by atoms with Crippen molar-refractivity contribution in [1.29, 1.82) is 0 Å². The third-order valence-corrected chi connectivity index (χ3v) is 4.17. The van der Waals surface area contributed by atoms with Crippen LogP contribution in [0, 0.1) is 5.41 Å². The summed E-state index contributed by atoms with van der Waals surface area (Å²) in [6.07, 6.45) is 1.96. The van der Waals surface area contributed by atoms with Gasteiger partial charge in [-0.15, -0.1) is 12.4 Å². The van der Waals surface area contributed by atoms with E-state index in [-0.39, 0.29) is 23.7 Å². The molecule has 2 rings (SSSR count). The lowest BCUT2D eigenvalue weighted by Crippen LogP contribution is -2.46. The highest BCUT2D eigenvalue weighted by molar-refractivity contribution is 9.10. The largest absolute Gasteiger partial charge is 0.496 e. The second-order valence-corrected chi connectivity index (χ2v) is 6.00. The monoisotopic (exact) mass is 362 g/mol. The summed E-state index contributed by atoms with van der Waals surface area (Å²) in [4.78, 5) is 12.4. The van der Waals surface area contributed by atoms with Crippen molar-refractivity contribution in [3.8, 4) is 5.75 Å². The molecule has 0 saturated carbocycles. The first-order chi connectivity index (χ1) is 9.05. The van der Waals surface area contributed by atoms with Crippen LogP contribution in [0.5, 0.6) is 5.75 Å². The van der Waals surface area contributed by atoms with Gasteiger partial charge >= 0.3 is 0 Å². The highest BCUT2D eigenvalue weighted by Gasteiger charge is 2.34. The van der Waals surface area contributed by atoms with E-state index in [0.717, 1.165) is 41.8 Å². The number of anilines is 1. The van der Waals surface area contributed by atoms with E-state index in [1.165, 1.54) is 0 Å². The predicted molar refractivity (Wildman–Crippen MR) is 86.8 cm³/mol. The Morgan fingerprint density at radius 1 is 1.50 bits per heavy atom. The van der Waals surface area contributed by atoms with Gasteiger partial charge in [0, 0.05) is 12.2 Å². The molecule has 2 N–H and O–H groups in total. The zero-order valence-corrected chi connectivity index (χ0v) is 14.1. The molecule has 1 fully saturated rings. The van der Waals surface area contributed by atoms with E-state index in [2.05, 4.69) is 26.6 Å². The van der Waals surface area contributed by atoms with Crippen molar-refractivity contribution in [1.82, 2.24) is 5.32 Å². The van der Waals surface area contributed by atoms with E-state index >= 15 is 0 Å². The third-order valence-electron chi connectivity index (χ3n) is 3.56. The quantitative estimate of drug-likeness (QED) is 0.867. The van der Waals surface area contributed by atoms with Crippen molar-refractivity contribution in [2.45, 2.75) is 19.8 Å². The minimum atomic E-state index is -0.329. The molecule has 1 aromatic carbocycles. The van der Waals surface area contributed by atoms with Gasteiger partial charge in [-0.2, -0.15) is 0 Å². The normalized spacial score (nSPS) is 21.8. The fourth-order valence-electron chi connectivity index (χ4n) is 2.28. The highest BCUT2D eigenvalue weighted by atomic mass is 79.9. The number of ether oxygens (including phenoxy) is 1. The predicted octanol–water partition coefficient (Wildman–Crippen LogP) is 3.21. The molecule has 1 aliphatic rings. The molecule has 1 unspecified atom stereocenters. The topological polar surface area (TPSA) is 50.4 Å². The van der Waals surface area contributed by atoms with Gasteiger partial charge in [0.25, 0.3) is 0 Å². The average Bonchev–Trinajstić information content (AvgIpc) is 2.40. The van der Waals surface area contributed by atoms with Crippen molar-refractivity contribution in [2.75, 3.05) is 25.5 Å². The molecule has 1 atom stereocenters. The zero-order valence-electron chi connectivity index (χ0n) is 11.7. The van der Waals surface area contributed by atoms with Gasteiger partial charge in [0.15, 0.2) is 0 Å². The minimum absolute atomic E-state index is 0. The molecule has 112 valence electrons. The SMILES string of the molecule is COc1ccc(NC(=O)C2(C)CCCNC2)cc1Br.Cl. The Bertz CT molecular complexity index is 476. The molecule has 1 saturated heterocycles. The van der Waals surface area contributed by atoms with Crippen LogP contribution >= 0.6 is 28.3 Å². The van der Waals surface area contributed by atoms with E-state index in [4.69, 9.17) is 4.74 Å². The van der Waals surface area contributed by atoms with Gasteiger partial charge in [0.1, 0.15) is 5.75 Å². The Morgan fingerprint density at radius 2 is 2.25 bits per heavy atom. The van der Waals surface area contributed by atoms with E-state index in [0.29, 0.717) is 0 Å². The van der Waals surface area contributed by atoms with Crippen LogP contribution in [0.15, 0.2) is 22.7 Å². The molecular weight excluding hydrogens is 344 g/mol. The first kappa shape index (κ1) is 17.3. The van der Waals surface area contributed by atoms with Gasteiger partial charge in [-0.05, 0) is 60.4 Å². The Kier molecular flexibility index (Phi) is 6.30. The molecule has 0 aromatic heterocycles. The second kappa shape index (κ2) is 7.29. The molecule has 1 heterocycles. The number of hydrogen-bond acceptors (Lipinski definition) is 3. The summed E-state index contributed by atoms with van der Waals surface area (Å²) in [6.45, 7) is 3.74. The van der Waals surface area contributed by atoms with E-state index in [1.54, 1.807) is 7.11 Å². The number of nitrogens with one attached hydrogen (secondary N) is 2. The van der Waals surface area contributed by atoms with Gasteiger partial charge < -0.3 is 15.4 Å². The number of benzene rings is 1. The van der Waals surface area contributed by atoms with Crippen molar-refractivity contribution in [2.24, 2.45) is 5.41 Å². The van der Waals surface area contributed by atoms with Crippen molar-refractivity contribution in [3.05, 3.63) is 22.7 Å². The van der Waals surface area contributed by atoms with Crippen LogP contribution in [-0.2, 0) is 4.79 Å². The second-order valence-electron chi connectivity index (χ2n) is 5.14. The van der Waals surface area contributed by atoms with Crippen LogP contribution < -0.4 is 15.4 Å². The van der Waals surface area contributed by atoms with Crippen molar-refractivity contribution < 1.29 is 9.53 Å². The third kappa shape index (κ3) is 3.87. The number of piperidine rings is 1. The molecule has 1 aliphatic heterocycles. The van der Waals surface area contributed by atoms with E-state index < -0.39 is 0 Å². The van der Waals surface area contributed by atoms with Crippen molar-refractivity contribution >= 4 is 39.9 Å². The molecule has 1 amide bonds. The number of rotatable bonds is 3. The van der Waals surface area contributed by atoms with Gasteiger partial charge in [-0.1, -0.05) is 0 Å². The average molecular weight is 364 g/mol. The Hall–Kier alpha value is -0.780. The number of carbonyl (C=O) groups is 1. The summed E-state index contributed by atoms with van der Waals surface area (Å²) in [5.41, 5.74) is 0.453. The fraction of sp³-hybridized carbons (Fsp3) is 0.500. The van der Waals surface area contributed by atoms with Crippen LogP contribution in [0.25, 0.3) is 0 Å². The summed E-state index contributed by atoms with van der Waals surface area (Å²) < 4.78 is 6.00. The molecule has 0 radical (unpaired) electrons. The molecule has 4 nitrogen and oxygen atoms in total. The fourth-order valence-corrected chi connectivity index (χ4v) is 2.82. The first-order valence-electron chi connectivity index (χ1n) is 6.41. The number of halogens is 2. The molecule has 0 spiro atoms. The summed E-state index contributed by atoms with van der Waals surface area (Å²) in [5.74, 6) is 0.820. The van der Waals surface area contributed by atoms with Gasteiger partial charge in [-0.3, -0.25) is 4.79 Å². The number of methoxy groups -OCH3 is 1. The first-order valence-corrected chi connectivity index (χ1v) is 7.20. The molecule has 6 heteroatoms. The molecule has 1 aromatic rings. The van der Waals surface area contributed by atoms with Gasteiger partial charge in [0.05, 0.1) is 17.0 Å². The van der Waals surface area contributed by atoms with Gasteiger partial charge in [-0.25, -0.2) is 0 Å². The highest BCUT2D eigenvalue weighted by Crippen LogP contribution is 2.30. The Balaban J connectivity index is 0.00000200. The number of carbonyl (C=O) groups excluding carboxylic acids is 1. The van der Waals surface area contributed by atoms with Gasteiger partial charge in [0.2, 0.25) is 5.91 Å². The molecule has 0 bridgehead atoms. The van der Waals surface area contributed by atoms with E-state index in [1.807, 2.05) is 25.1 Å². The zero-order chi connectivity index (χ0) is 13.9. The smallest absolute Gasteiger partial charge is 0.231 e. The number of hydrogen-bond donors (Lipinski definition) is 2. The van der Waals surface area contributed by atoms with Crippen LogP contribution in [0.1, 0.15) is 19.8 Å². The minimum Gasteiger partial charge on any atom is -0.496 e. The summed E-state index contributed by atoms with van der Waals surface area (Å²) in [5, 5.41) is 6.26. The van der Waals surface area contributed by atoms with Crippen molar-refractivity contribution in [3.63, 3.8) is 0 Å². The maximum absolute atomic E-state index is 12.4. The summed E-state index contributed by atoms with van der Waals surface area (Å²) in [7, 11) is 1.62. The van der Waals surface area contributed by atoms with Crippen LogP contribution in [0.2, 0.25) is 0 Å². The number of amides is 1. The maximum atomic E-state index is 12.4. The molecule has 20 heavy (non-hydrogen) atoms. The summed E-state index contributed by atoms with van der Waals surface area (Å²) >= 11 is 3.42. The van der Waals surface area contributed by atoms with Crippen LogP contribution in [0.4, 0.5) is 5.69 Å². The lowest BCUT2D eigenvalue weighted by atomic mass is 9.82.